The average Bonchev–Trinajstić information content (AvgIpc) is 2.71. The normalized spacial score (nSPS) is 28.8. The molecule has 1 aromatic rings. The van der Waals surface area contributed by atoms with Gasteiger partial charge in [-0.2, -0.15) is 0 Å². The molecule has 0 unspecified atom stereocenters. The molecule has 0 bridgehead atoms. The van der Waals surface area contributed by atoms with Gasteiger partial charge in [-0.3, -0.25) is 9.59 Å². The third-order valence-electron chi connectivity index (χ3n) is 6.85. The first-order chi connectivity index (χ1) is 15.2. The van der Waals surface area contributed by atoms with Crippen LogP contribution in [0.3, 0.4) is 0 Å². The molecule has 0 aromatic heterocycles. The van der Waals surface area contributed by atoms with Gasteiger partial charge in [-0.05, 0) is 66.9 Å². The van der Waals surface area contributed by atoms with E-state index in [1.165, 1.54) is 18.6 Å². The molecule has 0 amide bonds. The van der Waals surface area contributed by atoms with Gasteiger partial charge in [0.15, 0.2) is 17.2 Å². The predicted octanol–water partition coefficient (Wildman–Crippen LogP) is 6.55. The third kappa shape index (κ3) is 4.19. The molecular formula is C26H32BrClO5. The van der Waals surface area contributed by atoms with Gasteiger partial charge in [0.25, 0.3) is 0 Å². The van der Waals surface area contributed by atoms with Gasteiger partial charge in [0.05, 0.1) is 11.2 Å². The number of phenolic OH excluding ortho intramolecular Hbond substituents is 2. The highest BCUT2D eigenvalue weighted by atomic mass is 79.9. The summed E-state index contributed by atoms with van der Waals surface area (Å²) in [6.45, 7) is 11.3. The number of ketones is 2. The maximum Gasteiger partial charge on any atom is 0.198 e. The zero-order valence-corrected chi connectivity index (χ0v) is 22.4. The standard InChI is InChI=1S/C26H32BrClO5/c1-14(2)8-7-9-15(3)10-11-26-22(31)17-12-18(29)16(4)21(30)20(17)23(32)25(26,28)13-19(27)24(5,6)33-26/h8,10,12,19,29-30H,7,9,11,13H2,1-6H3/t19-,25+,26+/m1/s1. The molecule has 3 rings (SSSR count). The van der Waals surface area contributed by atoms with Crippen molar-refractivity contribution in [3.63, 3.8) is 0 Å². The van der Waals surface area contributed by atoms with E-state index in [1.54, 1.807) is 0 Å². The minimum atomic E-state index is -1.71. The lowest BCUT2D eigenvalue weighted by Crippen LogP contribution is -2.72. The van der Waals surface area contributed by atoms with E-state index in [9.17, 15) is 19.8 Å². The Morgan fingerprint density at radius 3 is 2.45 bits per heavy atom. The second kappa shape index (κ2) is 8.86. The van der Waals surface area contributed by atoms with E-state index < -0.39 is 33.4 Å². The lowest BCUT2D eigenvalue weighted by atomic mass is 9.63. The van der Waals surface area contributed by atoms with Crippen molar-refractivity contribution in [2.75, 3.05) is 0 Å². The molecule has 1 aliphatic heterocycles. The third-order valence-corrected chi connectivity index (χ3v) is 8.90. The van der Waals surface area contributed by atoms with Crippen LogP contribution in [-0.2, 0) is 4.74 Å². The summed E-state index contributed by atoms with van der Waals surface area (Å²) in [6, 6.07) is 1.24. The number of alkyl halides is 2. The highest BCUT2D eigenvalue weighted by Gasteiger charge is 2.70. The smallest absolute Gasteiger partial charge is 0.198 e. The van der Waals surface area contributed by atoms with Crippen molar-refractivity contribution >= 4 is 39.1 Å². The van der Waals surface area contributed by atoms with Crippen LogP contribution in [0.25, 0.3) is 0 Å². The SMILES string of the molecule is CC(C)=CCCC(C)=CC[C@@]12OC(C)(C)[C@H](Br)C[C@]1(Cl)C(=O)c1c(cc(O)c(C)c1O)C2=O. The molecule has 2 N–H and O–H groups in total. The first-order valence-electron chi connectivity index (χ1n) is 11.1. The number of fused-ring (bicyclic) bond motifs is 2. The van der Waals surface area contributed by atoms with E-state index in [1.807, 2.05) is 40.7 Å². The number of halogens is 2. The zero-order chi connectivity index (χ0) is 24.9. The monoisotopic (exact) mass is 538 g/mol. The molecule has 0 radical (unpaired) electrons. The van der Waals surface area contributed by atoms with Crippen LogP contribution in [-0.4, -0.2) is 42.7 Å². The number of hydrogen-bond acceptors (Lipinski definition) is 5. The van der Waals surface area contributed by atoms with E-state index in [0.29, 0.717) is 0 Å². The maximum absolute atomic E-state index is 14.0. The van der Waals surface area contributed by atoms with Gasteiger partial charge < -0.3 is 14.9 Å². The molecule has 1 heterocycles. The Bertz CT molecular complexity index is 1070. The summed E-state index contributed by atoms with van der Waals surface area (Å²) in [6.07, 6.45) is 6.01. The van der Waals surface area contributed by atoms with E-state index in [0.717, 1.165) is 18.4 Å². The number of carbonyl (C=O) groups is 2. The fourth-order valence-electron chi connectivity index (χ4n) is 4.64. The van der Waals surface area contributed by atoms with Gasteiger partial charge in [0, 0.05) is 22.4 Å². The topological polar surface area (TPSA) is 83.8 Å². The van der Waals surface area contributed by atoms with Crippen molar-refractivity contribution in [1.82, 2.24) is 0 Å². The summed E-state index contributed by atoms with van der Waals surface area (Å²) in [5, 5.41) is 21.0. The summed E-state index contributed by atoms with van der Waals surface area (Å²) >= 11 is 10.7. The first kappa shape index (κ1) is 26.0. The van der Waals surface area contributed by atoms with Gasteiger partial charge >= 0.3 is 0 Å². The lowest BCUT2D eigenvalue weighted by molar-refractivity contribution is -0.154. The van der Waals surface area contributed by atoms with Crippen LogP contribution in [0.2, 0.25) is 0 Å². The van der Waals surface area contributed by atoms with Crippen LogP contribution in [0.5, 0.6) is 11.5 Å². The molecule has 1 fully saturated rings. The Hall–Kier alpha value is -1.63. The average molecular weight is 540 g/mol. The number of carbonyl (C=O) groups excluding carboxylic acids is 2. The van der Waals surface area contributed by atoms with E-state index in [2.05, 4.69) is 22.0 Å². The van der Waals surface area contributed by atoms with Crippen molar-refractivity contribution < 1.29 is 24.5 Å². The molecule has 3 atom stereocenters. The number of aromatic hydroxyl groups is 2. The molecule has 2 aliphatic rings. The van der Waals surface area contributed by atoms with Crippen molar-refractivity contribution in [3.05, 3.63) is 46.1 Å². The Morgan fingerprint density at radius 1 is 1.21 bits per heavy atom. The first-order valence-corrected chi connectivity index (χ1v) is 12.4. The second-order valence-electron chi connectivity index (χ2n) is 10.0. The van der Waals surface area contributed by atoms with E-state index in [-0.39, 0.29) is 40.1 Å². The quantitative estimate of drug-likeness (QED) is 0.328. The highest BCUT2D eigenvalue weighted by molar-refractivity contribution is 9.09. The maximum atomic E-state index is 14.0. The van der Waals surface area contributed by atoms with Gasteiger partial charge in [-0.1, -0.05) is 39.2 Å². The fourth-order valence-corrected chi connectivity index (χ4v) is 5.85. The molecule has 7 heteroatoms. The van der Waals surface area contributed by atoms with Gasteiger partial charge in [-0.15, -0.1) is 11.6 Å². The van der Waals surface area contributed by atoms with Crippen LogP contribution >= 0.6 is 27.5 Å². The summed E-state index contributed by atoms with van der Waals surface area (Å²) < 4.78 is 6.45. The van der Waals surface area contributed by atoms with Crippen LogP contribution in [0.15, 0.2) is 29.4 Å². The number of allylic oxidation sites excluding steroid dienone is 3. The number of hydrogen-bond donors (Lipinski definition) is 2. The molecule has 1 aliphatic carbocycles. The van der Waals surface area contributed by atoms with Crippen LogP contribution < -0.4 is 0 Å². The Morgan fingerprint density at radius 2 is 1.85 bits per heavy atom. The summed E-state index contributed by atoms with van der Waals surface area (Å²) in [7, 11) is 0. The summed E-state index contributed by atoms with van der Waals surface area (Å²) in [5.74, 6) is -1.73. The molecule has 0 saturated carbocycles. The number of Topliss-reactive ketones (excluding diaryl/α,β-unsaturated/α-hetero) is 2. The summed E-state index contributed by atoms with van der Waals surface area (Å²) in [4.78, 5) is 25.8. The van der Waals surface area contributed by atoms with Gasteiger partial charge in [0.2, 0.25) is 0 Å². The lowest BCUT2D eigenvalue weighted by Gasteiger charge is -2.56. The molecule has 1 saturated heterocycles. The molecule has 180 valence electrons. The van der Waals surface area contributed by atoms with Crippen molar-refractivity contribution in [1.29, 1.82) is 0 Å². The minimum Gasteiger partial charge on any atom is -0.508 e. The highest BCUT2D eigenvalue weighted by Crippen LogP contribution is 2.57. The molecule has 5 nitrogen and oxygen atoms in total. The largest absolute Gasteiger partial charge is 0.508 e. The minimum absolute atomic E-state index is 0.0590. The van der Waals surface area contributed by atoms with Gasteiger partial charge in [0.1, 0.15) is 16.4 Å². The van der Waals surface area contributed by atoms with Crippen LogP contribution in [0.4, 0.5) is 0 Å². The van der Waals surface area contributed by atoms with Crippen LogP contribution in [0.1, 0.15) is 86.6 Å². The Labute approximate surface area is 209 Å². The Kier molecular flexibility index (Phi) is 6.98. The van der Waals surface area contributed by atoms with Crippen LogP contribution in [0, 0.1) is 6.92 Å². The summed E-state index contributed by atoms with van der Waals surface area (Å²) in [5.41, 5.74) is -0.233. The number of rotatable bonds is 5. The van der Waals surface area contributed by atoms with Gasteiger partial charge in [-0.25, -0.2) is 0 Å². The predicted molar refractivity (Wildman–Crippen MR) is 134 cm³/mol. The number of benzene rings is 1. The molecule has 0 spiro atoms. The zero-order valence-electron chi connectivity index (χ0n) is 20.0. The molecule has 33 heavy (non-hydrogen) atoms. The van der Waals surface area contributed by atoms with E-state index in [4.69, 9.17) is 16.3 Å². The second-order valence-corrected chi connectivity index (χ2v) is 11.8. The van der Waals surface area contributed by atoms with Crippen molar-refractivity contribution in [2.45, 2.75) is 88.1 Å². The van der Waals surface area contributed by atoms with Crippen molar-refractivity contribution in [3.8, 4) is 11.5 Å². The fraction of sp³-hybridized carbons (Fsp3) is 0.538. The Balaban J connectivity index is 2.17. The molecular weight excluding hydrogens is 508 g/mol. The van der Waals surface area contributed by atoms with Crippen molar-refractivity contribution in [2.24, 2.45) is 0 Å². The molecule has 1 aromatic carbocycles. The van der Waals surface area contributed by atoms with E-state index >= 15 is 0 Å². The number of phenols is 2. The number of ether oxygens (including phenoxy) is 1.